The van der Waals surface area contributed by atoms with E-state index in [9.17, 15) is 9.90 Å². The molecule has 4 aliphatic carbocycles. The van der Waals surface area contributed by atoms with Crippen molar-refractivity contribution in [3.8, 4) is 0 Å². The van der Waals surface area contributed by atoms with Crippen LogP contribution in [-0.2, 0) is 14.3 Å². The summed E-state index contributed by atoms with van der Waals surface area (Å²) < 4.78 is 13.6. The van der Waals surface area contributed by atoms with E-state index >= 15 is 0 Å². The minimum atomic E-state index is -0.621. The van der Waals surface area contributed by atoms with Gasteiger partial charge in [0.15, 0.2) is 5.82 Å². The van der Waals surface area contributed by atoms with E-state index in [0.717, 1.165) is 38.5 Å². The lowest BCUT2D eigenvalue weighted by Gasteiger charge is -2.71. The Morgan fingerprint density at radius 1 is 1.13 bits per heavy atom. The minimum Gasteiger partial charge on any atom is -0.481 e. The molecule has 6 rings (SSSR count). The lowest BCUT2D eigenvalue weighted by molar-refractivity contribution is -0.253. The number of carboxylic acid groups (broad SMARTS) is 1. The summed E-state index contributed by atoms with van der Waals surface area (Å²) in [6, 6.07) is -0.113. The summed E-state index contributed by atoms with van der Waals surface area (Å²) in [6.45, 7) is 26.2. The van der Waals surface area contributed by atoms with E-state index in [0.29, 0.717) is 49.3 Å². The van der Waals surface area contributed by atoms with Gasteiger partial charge in [0.05, 0.1) is 31.8 Å². The molecule has 0 amide bonds. The fourth-order valence-electron chi connectivity index (χ4n) is 12.0. The molecule has 3 saturated carbocycles. The molecule has 12 atom stereocenters. The molecule has 1 aromatic heterocycles. The number of aliphatic carboxylic acids is 1. The maximum atomic E-state index is 13.4. The van der Waals surface area contributed by atoms with Gasteiger partial charge in [0.25, 0.3) is 0 Å². The van der Waals surface area contributed by atoms with Crippen LogP contribution in [0.5, 0.6) is 0 Å². The summed E-state index contributed by atoms with van der Waals surface area (Å²) in [5.74, 6) is 1.32. The average molecular weight is 654 g/mol. The second kappa shape index (κ2) is 11.3. The fraction of sp³-hybridized carbons (Fsp3) is 0.895. The Bertz CT molecular complexity index is 1410. The third kappa shape index (κ3) is 4.85. The number of fused-ring (bicyclic) bond motifs is 3. The number of carbonyl (C=O) groups is 1. The van der Waals surface area contributed by atoms with E-state index in [1.165, 1.54) is 5.57 Å². The third-order valence-electron chi connectivity index (χ3n) is 15.8. The second-order valence-electron chi connectivity index (χ2n) is 18.7. The van der Waals surface area contributed by atoms with E-state index in [-0.39, 0.29) is 45.1 Å². The molecule has 4 fully saturated rings. The number of allylic oxidation sites excluding steroid dienone is 1. The van der Waals surface area contributed by atoms with Crippen molar-refractivity contribution in [3.05, 3.63) is 17.5 Å². The fourth-order valence-corrected chi connectivity index (χ4v) is 12.0. The molecule has 0 unspecified atom stereocenters. The summed E-state index contributed by atoms with van der Waals surface area (Å²) in [7, 11) is 0. The standard InChI is InChI=1S/C38H63N5O4/c1-22(2)24(5)33(7)16-17-35(9)26-12-13-29-34(8)19-46-21-38(29,27(26)14-15-36(35,10)30(33)32(44)45)18-28(43-41-25(6)40-42-43)31(34)47-20-37(11,39)23(3)4/h14,22-24,26,28-31H,12-13,15-21,39H2,1-11H3,(H,44,45)/t24-,26+,28-,29+,30-,31+,33-,34+,35-,36+,37+,38+/m1/s1. The highest BCUT2D eigenvalue weighted by atomic mass is 16.5. The highest BCUT2D eigenvalue weighted by Crippen LogP contribution is 2.75. The van der Waals surface area contributed by atoms with Gasteiger partial charge in [-0.1, -0.05) is 74.0 Å². The molecule has 264 valence electrons. The van der Waals surface area contributed by atoms with Crippen molar-refractivity contribution in [1.29, 1.82) is 0 Å². The number of nitrogens with two attached hydrogens (primary N) is 1. The quantitative estimate of drug-likeness (QED) is 0.291. The van der Waals surface area contributed by atoms with Crippen LogP contribution in [0.2, 0.25) is 0 Å². The zero-order valence-electron chi connectivity index (χ0n) is 31.1. The lowest BCUT2D eigenvalue weighted by atomic mass is 9.34. The Labute approximate surface area is 283 Å². The largest absolute Gasteiger partial charge is 0.481 e. The number of nitrogens with zero attached hydrogens (tertiary/aromatic N) is 4. The van der Waals surface area contributed by atoms with Crippen LogP contribution in [0.15, 0.2) is 11.6 Å². The number of carboxylic acids is 1. The Kier molecular flexibility index (Phi) is 8.45. The van der Waals surface area contributed by atoms with Gasteiger partial charge in [-0.05, 0) is 103 Å². The number of aryl methyl sites for hydroxylation is 1. The van der Waals surface area contributed by atoms with Gasteiger partial charge < -0.3 is 20.3 Å². The van der Waals surface area contributed by atoms with Crippen molar-refractivity contribution in [1.82, 2.24) is 20.2 Å². The number of ether oxygens (including phenoxy) is 2. The minimum absolute atomic E-state index is 0.113. The number of rotatable bonds is 8. The summed E-state index contributed by atoms with van der Waals surface area (Å²) in [6.07, 6.45) is 8.06. The summed E-state index contributed by atoms with van der Waals surface area (Å²) in [5, 5.41) is 24.7. The van der Waals surface area contributed by atoms with Gasteiger partial charge in [-0.2, -0.15) is 4.80 Å². The van der Waals surface area contributed by atoms with E-state index < -0.39 is 17.4 Å². The molecule has 1 aromatic rings. The summed E-state index contributed by atoms with van der Waals surface area (Å²) in [4.78, 5) is 15.2. The molecule has 0 spiro atoms. The van der Waals surface area contributed by atoms with Crippen molar-refractivity contribution in [2.75, 3.05) is 19.8 Å². The Morgan fingerprint density at radius 2 is 1.83 bits per heavy atom. The zero-order valence-corrected chi connectivity index (χ0v) is 31.1. The number of hydrogen-bond donors (Lipinski definition) is 2. The number of tetrazole rings is 1. The average Bonchev–Trinajstić information content (AvgIpc) is 3.42. The van der Waals surface area contributed by atoms with Crippen LogP contribution in [0.25, 0.3) is 0 Å². The van der Waals surface area contributed by atoms with Gasteiger partial charge >= 0.3 is 5.97 Å². The third-order valence-corrected chi connectivity index (χ3v) is 15.8. The topological polar surface area (TPSA) is 125 Å². The van der Waals surface area contributed by atoms with E-state index in [2.05, 4.69) is 85.6 Å². The SMILES string of the molecule is Cc1nnn([C@@H]2C[C@@]34COC[C@@](C)([C@@H]3CC[C@H]3C4=CC[C@@]4(C)[C@H](C(=O)O)[C@@](C)([C@H](C)C(C)C)CC[C@]34C)[C@H]2OC[C@](C)(N)C(C)C)n1. The van der Waals surface area contributed by atoms with Crippen LogP contribution in [0.3, 0.4) is 0 Å². The monoisotopic (exact) mass is 653 g/mol. The van der Waals surface area contributed by atoms with Gasteiger partial charge in [0.1, 0.15) is 6.04 Å². The van der Waals surface area contributed by atoms with Gasteiger partial charge in [0.2, 0.25) is 0 Å². The molecule has 9 heteroatoms. The molecule has 0 radical (unpaired) electrons. The van der Waals surface area contributed by atoms with E-state index in [1.807, 2.05) is 11.7 Å². The molecule has 2 heterocycles. The van der Waals surface area contributed by atoms with Crippen LogP contribution < -0.4 is 5.73 Å². The van der Waals surface area contributed by atoms with Crippen molar-refractivity contribution >= 4 is 5.97 Å². The van der Waals surface area contributed by atoms with Crippen LogP contribution >= 0.6 is 0 Å². The maximum absolute atomic E-state index is 13.4. The molecule has 0 aromatic carbocycles. The number of hydrogen-bond acceptors (Lipinski definition) is 7. The van der Waals surface area contributed by atoms with Crippen molar-refractivity contribution < 1.29 is 19.4 Å². The molecule has 2 bridgehead atoms. The highest BCUT2D eigenvalue weighted by molar-refractivity contribution is 5.73. The van der Waals surface area contributed by atoms with Gasteiger partial charge in [-0.15, -0.1) is 10.2 Å². The lowest BCUT2D eigenvalue weighted by Crippen LogP contribution is -2.69. The smallest absolute Gasteiger partial charge is 0.307 e. The molecule has 5 aliphatic rings. The maximum Gasteiger partial charge on any atom is 0.307 e. The van der Waals surface area contributed by atoms with E-state index in [1.54, 1.807) is 0 Å². The first kappa shape index (κ1) is 35.0. The molecule has 9 nitrogen and oxygen atoms in total. The van der Waals surface area contributed by atoms with Crippen LogP contribution in [0.4, 0.5) is 0 Å². The molecule has 1 aliphatic heterocycles. The van der Waals surface area contributed by atoms with Gasteiger partial charge in [0, 0.05) is 16.4 Å². The van der Waals surface area contributed by atoms with Crippen LogP contribution in [0.1, 0.15) is 120 Å². The molecular formula is C38H63N5O4. The van der Waals surface area contributed by atoms with Crippen molar-refractivity contribution in [2.45, 2.75) is 132 Å². The second-order valence-corrected chi connectivity index (χ2v) is 18.7. The van der Waals surface area contributed by atoms with Crippen LogP contribution in [0, 0.1) is 69.5 Å². The molecule has 3 N–H and O–H groups in total. The predicted octanol–water partition coefficient (Wildman–Crippen LogP) is 6.87. The Hall–Kier alpha value is -1.84. The first-order valence-corrected chi connectivity index (χ1v) is 18.5. The first-order chi connectivity index (χ1) is 21.8. The molecular weight excluding hydrogens is 590 g/mol. The van der Waals surface area contributed by atoms with Crippen molar-refractivity contribution in [3.63, 3.8) is 0 Å². The molecule has 1 saturated heterocycles. The molecule has 47 heavy (non-hydrogen) atoms. The van der Waals surface area contributed by atoms with Crippen molar-refractivity contribution in [2.24, 2.45) is 68.3 Å². The van der Waals surface area contributed by atoms with E-state index in [4.69, 9.17) is 20.3 Å². The Balaban J connectivity index is 1.44. The Morgan fingerprint density at radius 3 is 2.43 bits per heavy atom. The zero-order chi connectivity index (χ0) is 34.5. The first-order valence-electron chi connectivity index (χ1n) is 18.5. The van der Waals surface area contributed by atoms with Gasteiger partial charge in [-0.25, -0.2) is 0 Å². The summed E-state index contributed by atoms with van der Waals surface area (Å²) >= 11 is 0. The highest BCUT2D eigenvalue weighted by Gasteiger charge is 2.72. The predicted molar refractivity (Wildman–Crippen MR) is 182 cm³/mol. The summed E-state index contributed by atoms with van der Waals surface area (Å²) in [5.41, 5.74) is 6.61. The van der Waals surface area contributed by atoms with Gasteiger partial charge in [-0.3, -0.25) is 4.79 Å². The number of aromatic nitrogens is 4. The normalized spacial score (nSPS) is 45.0. The van der Waals surface area contributed by atoms with Crippen LogP contribution in [-0.4, -0.2) is 62.7 Å².